The first-order valence-corrected chi connectivity index (χ1v) is 10.6. The fourth-order valence-electron chi connectivity index (χ4n) is 3.91. The van der Waals surface area contributed by atoms with Crippen molar-refractivity contribution in [1.29, 1.82) is 0 Å². The van der Waals surface area contributed by atoms with Crippen LogP contribution in [-0.2, 0) is 9.53 Å². The van der Waals surface area contributed by atoms with E-state index in [1.807, 2.05) is 30.3 Å². The van der Waals surface area contributed by atoms with Crippen molar-refractivity contribution in [2.24, 2.45) is 0 Å². The van der Waals surface area contributed by atoms with Crippen molar-refractivity contribution in [3.05, 3.63) is 99.8 Å². The monoisotopic (exact) mass is 468 g/mol. The third kappa shape index (κ3) is 4.25. The number of ether oxygens (including phenoxy) is 1. The van der Waals surface area contributed by atoms with Crippen molar-refractivity contribution >= 4 is 27.6 Å². The maximum Gasteiger partial charge on any atom is 0.320 e. The molecule has 4 nitrogen and oxygen atoms in total. The molecule has 30 heavy (non-hydrogen) atoms. The van der Waals surface area contributed by atoms with Gasteiger partial charge in [0.1, 0.15) is 12.0 Å². The number of hydrogen-bond donors (Lipinski definition) is 1. The lowest BCUT2D eigenvalue weighted by atomic mass is 9.91. The minimum absolute atomic E-state index is 0.0917. The Labute approximate surface area is 183 Å². The number of carbonyl (C=O) groups excluding carboxylic acids is 1. The number of hydrogen-bond acceptors (Lipinski definition) is 4. The summed E-state index contributed by atoms with van der Waals surface area (Å²) in [5.41, 5.74) is 3.96. The molecule has 1 heterocycles. The Morgan fingerprint density at radius 3 is 2.50 bits per heavy atom. The number of rotatable bonds is 5. The summed E-state index contributed by atoms with van der Waals surface area (Å²) in [7, 11) is 0. The minimum atomic E-state index is -0.325. The van der Waals surface area contributed by atoms with Crippen molar-refractivity contribution in [2.75, 3.05) is 18.5 Å². The summed E-state index contributed by atoms with van der Waals surface area (Å²) < 4.78 is 19.8. The van der Waals surface area contributed by atoms with Crippen LogP contribution >= 0.6 is 15.9 Å². The number of carbonyl (C=O) groups is 1. The Balaban J connectivity index is 1.86. The number of fused-ring (bicyclic) bond motifs is 1. The van der Waals surface area contributed by atoms with Crippen molar-refractivity contribution in [2.45, 2.75) is 19.1 Å². The van der Waals surface area contributed by atoms with Gasteiger partial charge in [-0.1, -0.05) is 58.4 Å². The third-order valence-electron chi connectivity index (χ3n) is 5.18. The number of benzene rings is 3. The van der Waals surface area contributed by atoms with E-state index in [1.54, 1.807) is 19.1 Å². The first kappa shape index (κ1) is 20.6. The molecule has 0 bridgehead atoms. The molecular formula is C24H22BrFN2O2. The summed E-state index contributed by atoms with van der Waals surface area (Å²) in [6.45, 7) is 2.21. The van der Waals surface area contributed by atoms with Gasteiger partial charge in [-0.05, 0) is 53.9 Å². The predicted octanol–water partition coefficient (Wildman–Crippen LogP) is 5.67. The van der Waals surface area contributed by atoms with Crippen molar-refractivity contribution in [1.82, 2.24) is 4.90 Å². The maximum atomic E-state index is 13.6. The largest absolute Gasteiger partial charge is 0.465 e. The molecule has 0 aromatic heterocycles. The highest BCUT2D eigenvalue weighted by atomic mass is 79.9. The molecule has 1 aliphatic rings. The van der Waals surface area contributed by atoms with E-state index < -0.39 is 0 Å². The second-order valence-electron chi connectivity index (χ2n) is 7.12. The molecule has 0 unspecified atom stereocenters. The van der Waals surface area contributed by atoms with Crippen molar-refractivity contribution in [3.8, 4) is 0 Å². The van der Waals surface area contributed by atoms with Gasteiger partial charge < -0.3 is 10.1 Å². The summed E-state index contributed by atoms with van der Waals surface area (Å²) in [6, 6.07) is 22.3. The summed E-state index contributed by atoms with van der Waals surface area (Å²) in [6.07, 6.45) is -0.325. The summed E-state index contributed by atoms with van der Waals surface area (Å²) in [5.74, 6) is -0.596. The van der Waals surface area contributed by atoms with Crippen molar-refractivity contribution < 1.29 is 13.9 Å². The van der Waals surface area contributed by atoms with Gasteiger partial charge in [-0.2, -0.15) is 0 Å². The zero-order chi connectivity index (χ0) is 21.1. The molecule has 1 aliphatic heterocycles. The third-order valence-corrected chi connectivity index (χ3v) is 5.68. The molecule has 0 saturated heterocycles. The van der Waals surface area contributed by atoms with E-state index in [2.05, 4.69) is 44.3 Å². The molecule has 0 saturated carbocycles. The molecular weight excluding hydrogens is 447 g/mol. The molecule has 0 spiro atoms. The standard InChI is InChI=1S/C24H22BrFN2O2/c1-2-30-22(29)15-28-23(16-6-4-3-5-7-16)20-14-18(25)10-13-21(20)27-24(28)17-8-11-19(26)12-9-17/h3-14,23-24,27H,2,15H2,1H3/t23-,24+/m1/s1. The summed E-state index contributed by atoms with van der Waals surface area (Å²) in [4.78, 5) is 14.6. The van der Waals surface area contributed by atoms with E-state index in [4.69, 9.17) is 4.74 Å². The lowest BCUT2D eigenvalue weighted by Crippen LogP contribution is -2.44. The van der Waals surface area contributed by atoms with Gasteiger partial charge in [0, 0.05) is 10.2 Å². The summed E-state index contributed by atoms with van der Waals surface area (Å²) in [5, 5.41) is 3.53. The number of halogens is 2. The predicted molar refractivity (Wildman–Crippen MR) is 119 cm³/mol. The number of nitrogens with zero attached hydrogens (tertiary/aromatic N) is 1. The van der Waals surface area contributed by atoms with Gasteiger partial charge in [0.05, 0.1) is 19.2 Å². The molecule has 6 heteroatoms. The minimum Gasteiger partial charge on any atom is -0.465 e. The first-order chi connectivity index (χ1) is 14.6. The van der Waals surface area contributed by atoms with Crippen LogP contribution in [0.25, 0.3) is 0 Å². The molecule has 3 aromatic carbocycles. The van der Waals surface area contributed by atoms with Crippen LogP contribution in [0.4, 0.5) is 10.1 Å². The van der Waals surface area contributed by atoms with Gasteiger partial charge in [0.15, 0.2) is 0 Å². The highest BCUT2D eigenvalue weighted by molar-refractivity contribution is 9.10. The average Bonchev–Trinajstić information content (AvgIpc) is 2.75. The molecule has 2 atom stereocenters. The molecule has 3 aromatic rings. The second kappa shape index (κ2) is 8.98. The van der Waals surface area contributed by atoms with Crippen LogP contribution in [0, 0.1) is 5.82 Å². The van der Waals surface area contributed by atoms with Gasteiger partial charge in [-0.3, -0.25) is 9.69 Å². The Morgan fingerprint density at radius 1 is 1.07 bits per heavy atom. The second-order valence-corrected chi connectivity index (χ2v) is 8.04. The Bertz CT molecular complexity index is 1030. The van der Waals surface area contributed by atoms with Crippen LogP contribution in [0.5, 0.6) is 0 Å². The van der Waals surface area contributed by atoms with E-state index in [0.29, 0.717) is 6.61 Å². The number of anilines is 1. The van der Waals surface area contributed by atoms with Crippen LogP contribution < -0.4 is 5.32 Å². The van der Waals surface area contributed by atoms with Gasteiger partial charge in [-0.25, -0.2) is 4.39 Å². The molecule has 0 amide bonds. The quantitative estimate of drug-likeness (QED) is 0.490. The average molecular weight is 469 g/mol. The van der Waals surface area contributed by atoms with Crippen LogP contribution in [-0.4, -0.2) is 24.0 Å². The van der Waals surface area contributed by atoms with Crippen LogP contribution in [0.15, 0.2) is 77.3 Å². The van der Waals surface area contributed by atoms with Crippen LogP contribution in [0.2, 0.25) is 0 Å². The lowest BCUT2D eigenvalue weighted by Gasteiger charge is -2.44. The normalized spacial score (nSPS) is 18.4. The fourth-order valence-corrected chi connectivity index (χ4v) is 4.29. The number of nitrogens with one attached hydrogen (secondary N) is 1. The zero-order valence-electron chi connectivity index (χ0n) is 16.5. The summed E-state index contributed by atoms with van der Waals surface area (Å²) >= 11 is 3.57. The Morgan fingerprint density at radius 2 is 1.80 bits per heavy atom. The van der Waals surface area contributed by atoms with Crippen molar-refractivity contribution in [3.63, 3.8) is 0 Å². The Hall–Kier alpha value is -2.70. The lowest BCUT2D eigenvalue weighted by molar-refractivity contribution is -0.145. The molecule has 0 radical (unpaired) electrons. The van der Waals surface area contributed by atoms with E-state index in [-0.39, 0.29) is 30.5 Å². The topological polar surface area (TPSA) is 41.6 Å². The highest BCUT2D eigenvalue weighted by Gasteiger charge is 2.37. The van der Waals surface area contributed by atoms with Gasteiger partial charge in [0.25, 0.3) is 0 Å². The van der Waals surface area contributed by atoms with Gasteiger partial charge in [-0.15, -0.1) is 0 Å². The van der Waals surface area contributed by atoms with E-state index in [0.717, 1.165) is 26.9 Å². The Kier molecular flexibility index (Phi) is 6.16. The van der Waals surface area contributed by atoms with E-state index in [9.17, 15) is 9.18 Å². The molecule has 4 rings (SSSR count). The van der Waals surface area contributed by atoms with Gasteiger partial charge in [0.2, 0.25) is 0 Å². The SMILES string of the molecule is CCOC(=O)CN1[C@H](c2ccccc2)c2cc(Br)ccc2N[C@@H]1c1ccc(F)cc1. The van der Waals surface area contributed by atoms with E-state index >= 15 is 0 Å². The highest BCUT2D eigenvalue weighted by Crippen LogP contribution is 2.44. The van der Waals surface area contributed by atoms with Gasteiger partial charge >= 0.3 is 5.97 Å². The zero-order valence-corrected chi connectivity index (χ0v) is 18.1. The van der Waals surface area contributed by atoms with E-state index in [1.165, 1.54) is 12.1 Å². The molecule has 1 N–H and O–H groups in total. The smallest absolute Gasteiger partial charge is 0.320 e. The van der Waals surface area contributed by atoms with Crippen LogP contribution in [0.1, 0.15) is 35.8 Å². The maximum absolute atomic E-state index is 13.6. The first-order valence-electron chi connectivity index (χ1n) is 9.84. The van der Waals surface area contributed by atoms with Crippen LogP contribution in [0.3, 0.4) is 0 Å². The fraction of sp³-hybridized carbons (Fsp3) is 0.208. The molecule has 0 aliphatic carbocycles. The molecule has 0 fully saturated rings. The number of esters is 1. The molecule has 154 valence electrons.